The molecule has 0 spiro atoms. The zero-order valence-electron chi connectivity index (χ0n) is 12.6. The summed E-state index contributed by atoms with van der Waals surface area (Å²) < 4.78 is 0. The second-order valence-corrected chi connectivity index (χ2v) is 6.75. The Morgan fingerprint density at radius 1 is 1.29 bits per heavy atom. The average molecular weight is 304 g/mol. The summed E-state index contributed by atoms with van der Waals surface area (Å²) in [5.74, 6) is 0.183. The molecule has 0 radical (unpaired) electrons. The second kappa shape index (κ2) is 6.28. The summed E-state index contributed by atoms with van der Waals surface area (Å²) in [6, 6.07) is 6.95. The average Bonchev–Trinajstić information content (AvgIpc) is 2.83. The fourth-order valence-electron chi connectivity index (χ4n) is 3.65. The van der Waals surface area contributed by atoms with Gasteiger partial charge in [0.25, 0.3) is 0 Å². The summed E-state index contributed by atoms with van der Waals surface area (Å²) in [5.41, 5.74) is 7.93. The molecule has 2 heterocycles. The first-order chi connectivity index (χ1) is 10.2. The van der Waals surface area contributed by atoms with Crippen LogP contribution in [0.1, 0.15) is 24.8 Å². The maximum atomic E-state index is 7.97. The Kier molecular flexibility index (Phi) is 4.40. The first kappa shape index (κ1) is 14.7. The van der Waals surface area contributed by atoms with Crippen LogP contribution in [0.5, 0.6) is 0 Å². The molecule has 1 atom stereocenters. The Morgan fingerprint density at radius 2 is 2.10 bits per heavy atom. The third-order valence-corrected chi connectivity index (χ3v) is 5.42. The van der Waals surface area contributed by atoms with Crippen molar-refractivity contribution >= 4 is 23.3 Å². The van der Waals surface area contributed by atoms with Crippen LogP contribution in [-0.4, -0.2) is 49.2 Å². The predicted octanol–water partition coefficient (Wildman–Crippen LogP) is 2.37. The SMILES string of the molecule is CSc1cccc(N2CCCN3CCCC3C2)c1C(=N)N. The van der Waals surface area contributed by atoms with Crippen molar-refractivity contribution < 1.29 is 0 Å². The van der Waals surface area contributed by atoms with Crippen LogP contribution in [0.25, 0.3) is 0 Å². The molecular formula is C16H24N4S. The zero-order valence-corrected chi connectivity index (χ0v) is 13.5. The Bertz CT molecular complexity index is 531. The van der Waals surface area contributed by atoms with Crippen LogP contribution in [0.4, 0.5) is 5.69 Å². The summed E-state index contributed by atoms with van der Waals surface area (Å²) >= 11 is 1.67. The van der Waals surface area contributed by atoms with Crippen LogP contribution in [0.15, 0.2) is 23.1 Å². The van der Waals surface area contributed by atoms with Crippen molar-refractivity contribution in [1.82, 2.24) is 4.90 Å². The first-order valence-corrected chi connectivity index (χ1v) is 8.93. The number of thioether (sulfide) groups is 1. The van der Waals surface area contributed by atoms with Gasteiger partial charge in [0.05, 0.1) is 5.56 Å². The number of nitrogen functional groups attached to an aromatic ring is 1. The third-order valence-electron chi connectivity index (χ3n) is 4.64. The number of nitrogens with one attached hydrogen (secondary N) is 1. The highest BCUT2D eigenvalue weighted by Crippen LogP contribution is 2.32. The lowest BCUT2D eigenvalue weighted by atomic mass is 10.1. The van der Waals surface area contributed by atoms with Gasteiger partial charge in [-0.15, -0.1) is 11.8 Å². The highest BCUT2D eigenvalue weighted by molar-refractivity contribution is 7.98. The van der Waals surface area contributed by atoms with Gasteiger partial charge in [0.1, 0.15) is 5.84 Å². The topological polar surface area (TPSA) is 56.4 Å². The minimum atomic E-state index is 0.183. The lowest BCUT2D eigenvalue weighted by Crippen LogP contribution is -2.37. The van der Waals surface area contributed by atoms with E-state index in [1.807, 2.05) is 6.26 Å². The summed E-state index contributed by atoms with van der Waals surface area (Å²) in [4.78, 5) is 6.19. The van der Waals surface area contributed by atoms with E-state index in [0.717, 1.165) is 29.2 Å². The van der Waals surface area contributed by atoms with E-state index in [-0.39, 0.29) is 5.84 Å². The zero-order chi connectivity index (χ0) is 14.8. The van der Waals surface area contributed by atoms with E-state index in [0.29, 0.717) is 6.04 Å². The quantitative estimate of drug-likeness (QED) is 0.511. The van der Waals surface area contributed by atoms with Crippen molar-refractivity contribution in [2.24, 2.45) is 5.73 Å². The van der Waals surface area contributed by atoms with E-state index in [2.05, 4.69) is 28.0 Å². The van der Waals surface area contributed by atoms with Crippen molar-refractivity contribution in [3.05, 3.63) is 23.8 Å². The Balaban J connectivity index is 1.93. The molecule has 3 rings (SSSR count). The summed E-state index contributed by atoms with van der Waals surface area (Å²) in [7, 11) is 0. The maximum Gasteiger partial charge on any atom is 0.126 e. The standard InChI is InChI=1S/C16H24N4S/c1-21-14-7-2-6-13(15(14)16(17)18)20-10-4-9-19-8-3-5-12(19)11-20/h2,6-7,12H,3-5,8-11H2,1H3,(H3,17,18). The Morgan fingerprint density at radius 3 is 2.86 bits per heavy atom. The number of benzene rings is 1. The molecule has 1 unspecified atom stereocenters. The fraction of sp³-hybridized carbons (Fsp3) is 0.562. The van der Waals surface area contributed by atoms with Crippen LogP contribution in [-0.2, 0) is 0 Å². The van der Waals surface area contributed by atoms with Crippen molar-refractivity contribution in [2.75, 3.05) is 37.3 Å². The van der Waals surface area contributed by atoms with Gasteiger partial charge in [0, 0.05) is 36.3 Å². The van der Waals surface area contributed by atoms with E-state index in [1.165, 1.54) is 32.4 Å². The number of anilines is 1. The van der Waals surface area contributed by atoms with Crippen molar-refractivity contribution in [3.63, 3.8) is 0 Å². The van der Waals surface area contributed by atoms with Gasteiger partial charge in [-0.3, -0.25) is 10.3 Å². The molecule has 21 heavy (non-hydrogen) atoms. The second-order valence-electron chi connectivity index (χ2n) is 5.90. The van der Waals surface area contributed by atoms with E-state index < -0.39 is 0 Å². The van der Waals surface area contributed by atoms with Crippen LogP contribution in [0.3, 0.4) is 0 Å². The van der Waals surface area contributed by atoms with Gasteiger partial charge in [-0.1, -0.05) is 6.07 Å². The predicted molar refractivity (Wildman–Crippen MR) is 90.7 cm³/mol. The summed E-state index contributed by atoms with van der Waals surface area (Å²) in [6.45, 7) is 4.59. The van der Waals surface area contributed by atoms with Gasteiger partial charge < -0.3 is 10.6 Å². The van der Waals surface area contributed by atoms with E-state index in [4.69, 9.17) is 11.1 Å². The highest BCUT2D eigenvalue weighted by atomic mass is 32.2. The number of hydrogen-bond donors (Lipinski definition) is 2. The third kappa shape index (κ3) is 2.90. The van der Waals surface area contributed by atoms with Crippen LogP contribution in [0, 0.1) is 5.41 Å². The molecule has 2 aliphatic heterocycles. The molecule has 3 N–H and O–H groups in total. The van der Waals surface area contributed by atoms with Crippen LogP contribution in [0.2, 0.25) is 0 Å². The van der Waals surface area contributed by atoms with E-state index in [1.54, 1.807) is 11.8 Å². The smallest absolute Gasteiger partial charge is 0.126 e. The monoisotopic (exact) mass is 304 g/mol. The van der Waals surface area contributed by atoms with Gasteiger partial charge >= 0.3 is 0 Å². The first-order valence-electron chi connectivity index (χ1n) is 7.71. The van der Waals surface area contributed by atoms with Gasteiger partial charge in [0.2, 0.25) is 0 Å². The molecule has 1 aromatic rings. The molecule has 2 fully saturated rings. The van der Waals surface area contributed by atoms with Gasteiger partial charge in [0.15, 0.2) is 0 Å². The number of fused-ring (bicyclic) bond motifs is 1. The molecule has 2 aliphatic rings. The van der Waals surface area contributed by atoms with Crippen LogP contribution < -0.4 is 10.6 Å². The number of nitrogens with zero attached hydrogens (tertiary/aromatic N) is 2. The number of hydrogen-bond acceptors (Lipinski definition) is 4. The highest BCUT2D eigenvalue weighted by Gasteiger charge is 2.29. The lowest BCUT2D eigenvalue weighted by Gasteiger charge is -2.29. The van der Waals surface area contributed by atoms with Crippen LogP contribution >= 0.6 is 11.8 Å². The molecule has 0 aliphatic carbocycles. The molecule has 5 heteroatoms. The largest absolute Gasteiger partial charge is 0.384 e. The van der Waals surface area contributed by atoms with Crippen molar-refractivity contribution in [1.29, 1.82) is 5.41 Å². The van der Waals surface area contributed by atoms with Gasteiger partial charge in [-0.25, -0.2) is 0 Å². The van der Waals surface area contributed by atoms with E-state index in [9.17, 15) is 0 Å². The summed E-state index contributed by atoms with van der Waals surface area (Å²) in [6.07, 6.45) is 5.86. The summed E-state index contributed by atoms with van der Waals surface area (Å²) in [5, 5.41) is 7.97. The molecule has 0 bridgehead atoms. The fourth-order valence-corrected chi connectivity index (χ4v) is 4.28. The molecule has 1 aromatic carbocycles. The molecular weight excluding hydrogens is 280 g/mol. The lowest BCUT2D eigenvalue weighted by molar-refractivity contribution is 0.273. The van der Waals surface area contributed by atoms with Gasteiger partial charge in [-0.05, 0) is 44.2 Å². The van der Waals surface area contributed by atoms with Crippen molar-refractivity contribution in [2.45, 2.75) is 30.2 Å². The molecule has 114 valence electrons. The normalized spacial score (nSPS) is 22.9. The number of nitrogens with two attached hydrogens (primary N) is 1. The van der Waals surface area contributed by atoms with E-state index >= 15 is 0 Å². The molecule has 0 saturated carbocycles. The number of amidine groups is 1. The molecule has 2 saturated heterocycles. The molecule has 0 amide bonds. The minimum absolute atomic E-state index is 0.183. The molecule has 4 nitrogen and oxygen atoms in total. The van der Waals surface area contributed by atoms with Crippen molar-refractivity contribution in [3.8, 4) is 0 Å². The molecule has 0 aromatic heterocycles. The Labute approximate surface area is 131 Å². The maximum absolute atomic E-state index is 7.97. The van der Waals surface area contributed by atoms with Gasteiger partial charge in [-0.2, -0.15) is 0 Å². The Hall–Kier alpha value is -1.20. The number of rotatable bonds is 3. The minimum Gasteiger partial charge on any atom is -0.384 e.